The number of phenolic OH excluding ortho intramolecular Hbond substituents is 1. The van der Waals surface area contributed by atoms with Crippen molar-refractivity contribution in [1.29, 1.82) is 0 Å². The molecule has 0 fully saturated rings. The van der Waals surface area contributed by atoms with Crippen molar-refractivity contribution in [3.63, 3.8) is 0 Å². The molecule has 2 N–H and O–H groups in total. The summed E-state index contributed by atoms with van der Waals surface area (Å²) in [5.41, 5.74) is 5.42. The van der Waals surface area contributed by atoms with E-state index in [1.54, 1.807) is 24.3 Å². The number of carbonyl (C=O) groups excluding carboxylic acids is 1. The minimum absolute atomic E-state index is 0.0452. The number of nitrogens with zero attached hydrogens (tertiary/aromatic N) is 1. The molecule has 0 radical (unpaired) electrons. The van der Waals surface area contributed by atoms with Gasteiger partial charge in [0.1, 0.15) is 5.75 Å². The van der Waals surface area contributed by atoms with E-state index in [-0.39, 0.29) is 11.7 Å². The SMILES string of the molecule is Cc1cc(C)cc(C(=O)NN=Cc2cc(Cl)ccc2O)c1. The monoisotopic (exact) mass is 302 g/mol. The van der Waals surface area contributed by atoms with Gasteiger partial charge in [-0.3, -0.25) is 4.79 Å². The average molecular weight is 303 g/mol. The molecule has 21 heavy (non-hydrogen) atoms. The van der Waals surface area contributed by atoms with Crippen molar-refractivity contribution in [2.45, 2.75) is 13.8 Å². The minimum atomic E-state index is -0.306. The molecule has 0 saturated carbocycles. The van der Waals surface area contributed by atoms with Gasteiger partial charge in [0.25, 0.3) is 5.91 Å². The number of carbonyl (C=O) groups is 1. The van der Waals surface area contributed by atoms with Gasteiger partial charge in [-0.1, -0.05) is 28.8 Å². The summed E-state index contributed by atoms with van der Waals surface area (Å²) in [4.78, 5) is 12.0. The molecular formula is C16H15ClN2O2. The zero-order chi connectivity index (χ0) is 15.4. The summed E-state index contributed by atoms with van der Waals surface area (Å²) in [5, 5.41) is 13.9. The molecule has 2 rings (SSSR count). The lowest BCUT2D eigenvalue weighted by atomic mass is 10.1. The highest BCUT2D eigenvalue weighted by Gasteiger charge is 2.05. The van der Waals surface area contributed by atoms with Crippen LogP contribution in [0.15, 0.2) is 41.5 Å². The number of phenols is 1. The summed E-state index contributed by atoms with van der Waals surface area (Å²) in [5.74, 6) is -0.261. The van der Waals surface area contributed by atoms with Gasteiger partial charge in [-0.05, 0) is 44.2 Å². The Balaban J connectivity index is 2.10. The predicted molar refractivity (Wildman–Crippen MR) is 84.1 cm³/mol. The summed E-state index contributed by atoms with van der Waals surface area (Å²) >= 11 is 5.83. The number of hydrogen-bond donors (Lipinski definition) is 2. The van der Waals surface area contributed by atoms with E-state index in [9.17, 15) is 9.90 Å². The van der Waals surface area contributed by atoms with Crippen LogP contribution in [-0.4, -0.2) is 17.2 Å². The third-order valence-electron chi connectivity index (χ3n) is 2.84. The van der Waals surface area contributed by atoms with Crippen molar-refractivity contribution < 1.29 is 9.90 Å². The second-order valence-electron chi connectivity index (χ2n) is 4.78. The maximum absolute atomic E-state index is 12.0. The highest BCUT2D eigenvalue weighted by atomic mass is 35.5. The molecule has 5 heteroatoms. The number of halogens is 1. The number of benzene rings is 2. The van der Waals surface area contributed by atoms with Crippen LogP contribution in [0, 0.1) is 13.8 Å². The summed E-state index contributed by atoms with van der Waals surface area (Å²) < 4.78 is 0. The van der Waals surface area contributed by atoms with E-state index in [2.05, 4.69) is 10.5 Å². The minimum Gasteiger partial charge on any atom is -0.507 e. The molecule has 0 aromatic heterocycles. The van der Waals surface area contributed by atoms with E-state index in [1.807, 2.05) is 19.9 Å². The standard InChI is InChI=1S/C16H15ClN2O2/c1-10-5-11(2)7-12(6-10)16(21)19-18-9-13-8-14(17)3-4-15(13)20/h3-9,20H,1-2H3,(H,19,21). The lowest BCUT2D eigenvalue weighted by Gasteiger charge is -2.03. The Labute approximate surface area is 128 Å². The van der Waals surface area contributed by atoms with Gasteiger partial charge < -0.3 is 5.11 Å². The van der Waals surface area contributed by atoms with E-state index in [4.69, 9.17) is 11.6 Å². The highest BCUT2D eigenvalue weighted by Crippen LogP contribution is 2.19. The van der Waals surface area contributed by atoms with Gasteiger partial charge >= 0.3 is 0 Å². The first-order valence-corrected chi connectivity index (χ1v) is 6.74. The molecule has 0 aliphatic carbocycles. The smallest absolute Gasteiger partial charge is 0.271 e. The largest absolute Gasteiger partial charge is 0.507 e. The molecule has 4 nitrogen and oxygen atoms in total. The number of rotatable bonds is 3. The average Bonchev–Trinajstić information content (AvgIpc) is 2.41. The first kappa shape index (κ1) is 15.1. The fourth-order valence-corrected chi connectivity index (χ4v) is 2.14. The zero-order valence-electron chi connectivity index (χ0n) is 11.7. The molecule has 0 atom stereocenters. The number of hydrazone groups is 1. The molecular weight excluding hydrogens is 288 g/mol. The van der Waals surface area contributed by atoms with E-state index in [0.29, 0.717) is 16.1 Å². The van der Waals surface area contributed by atoms with Crippen LogP contribution in [0.2, 0.25) is 5.02 Å². The quantitative estimate of drug-likeness (QED) is 0.674. The molecule has 108 valence electrons. The van der Waals surface area contributed by atoms with Gasteiger partial charge in [0.2, 0.25) is 0 Å². The summed E-state index contributed by atoms with van der Waals surface area (Å²) in [6, 6.07) is 10.2. The van der Waals surface area contributed by atoms with E-state index in [0.717, 1.165) is 11.1 Å². The van der Waals surface area contributed by atoms with Crippen molar-refractivity contribution in [2.24, 2.45) is 5.10 Å². The molecule has 1 amide bonds. The second kappa shape index (κ2) is 6.41. The van der Waals surface area contributed by atoms with Gasteiger partial charge in [0.05, 0.1) is 6.21 Å². The van der Waals surface area contributed by atoms with E-state index < -0.39 is 0 Å². The van der Waals surface area contributed by atoms with Crippen LogP contribution in [0.5, 0.6) is 5.75 Å². The maximum atomic E-state index is 12.0. The number of aryl methyl sites for hydroxylation is 2. The molecule has 0 aliphatic rings. The van der Waals surface area contributed by atoms with Crippen LogP contribution in [0.4, 0.5) is 0 Å². The van der Waals surface area contributed by atoms with E-state index >= 15 is 0 Å². The molecule has 2 aromatic rings. The Hall–Kier alpha value is -2.33. The fraction of sp³-hybridized carbons (Fsp3) is 0.125. The normalized spacial score (nSPS) is 10.8. The van der Waals surface area contributed by atoms with Crippen molar-refractivity contribution in [1.82, 2.24) is 5.43 Å². The van der Waals surface area contributed by atoms with Gasteiger partial charge in [-0.2, -0.15) is 5.10 Å². The first-order chi connectivity index (χ1) is 9.95. The van der Waals surface area contributed by atoms with Gasteiger partial charge in [0.15, 0.2) is 0 Å². The van der Waals surface area contributed by atoms with Gasteiger partial charge in [0, 0.05) is 16.1 Å². The highest BCUT2D eigenvalue weighted by molar-refractivity contribution is 6.30. The van der Waals surface area contributed by atoms with Gasteiger partial charge in [-0.25, -0.2) is 5.43 Å². The fourth-order valence-electron chi connectivity index (χ4n) is 1.96. The Morgan fingerprint density at radius 1 is 1.19 bits per heavy atom. The number of amides is 1. The Morgan fingerprint density at radius 3 is 2.52 bits per heavy atom. The molecule has 2 aromatic carbocycles. The third kappa shape index (κ3) is 4.07. The second-order valence-corrected chi connectivity index (χ2v) is 5.22. The molecule has 0 saturated heterocycles. The molecule has 0 heterocycles. The van der Waals surface area contributed by atoms with Crippen molar-refractivity contribution >= 4 is 23.7 Å². The Kier molecular flexibility index (Phi) is 4.60. The van der Waals surface area contributed by atoms with Gasteiger partial charge in [-0.15, -0.1) is 0 Å². The van der Waals surface area contributed by atoms with Crippen LogP contribution >= 0.6 is 11.6 Å². The van der Waals surface area contributed by atoms with E-state index in [1.165, 1.54) is 12.3 Å². The van der Waals surface area contributed by atoms with Crippen LogP contribution < -0.4 is 5.43 Å². The van der Waals surface area contributed by atoms with Crippen molar-refractivity contribution in [2.75, 3.05) is 0 Å². The number of hydrogen-bond acceptors (Lipinski definition) is 3. The van der Waals surface area contributed by atoms with Crippen molar-refractivity contribution in [3.8, 4) is 5.75 Å². The number of aromatic hydroxyl groups is 1. The topological polar surface area (TPSA) is 61.7 Å². The lowest BCUT2D eigenvalue weighted by Crippen LogP contribution is -2.17. The van der Waals surface area contributed by atoms with Crippen LogP contribution in [0.25, 0.3) is 0 Å². The van der Waals surface area contributed by atoms with Crippen molar-refractivity contribution in [3.05, 3.63) is 63.7 Å². The Morgan fingerprint density at radius 2 is 1.86 bits per heavy atom. The summed E-state index contributed by atoms with van der Waals surface area (Å²) in [6.45, 7) is 3.86. The maximum Gasteiger partial charge on any atom is 0.271 e. The van der Waals surface area contributed by atoms with Crippen LogP contribution in [-0.2, 0) is 0 Å². The molecule has 0 unspecified atom stereocenters. The third-order valence-corrected chi connectivity index (χ3v) is 3.08. The zero-order valence-corrected chi connectivity index (χ0v) is 12.5. The van der Waals surface area contributed by atoms with Crippen LogP contribution in [0.1, 0.15) is 27.0 Å². The summed E-state index contributed by atoms with van der Waals surface area (Å²) in [7, 11) is 0. The first-order valence-electron chi connectivity index (χ1n) is 6.36. The predicted octanol–water partition coefficient (Wildman–Crippen LogP) is 3.43. The van der Waals surface area contributed by atoms with Crippen LogP contribution in [0.3, 0.4) is 0 Å². The molecule has 0 bridgehead atoms. The lowest BCUT2D eigenvalue weighted by molar-refractivity contribution is 0.0955. The Bertz CT molecular complexity index is 691. The number of nitrogens with one attached hydrogen (secondary N) is 1. The summed E-state index contributed by atoms with van der Waals surface area (Å²) in [6.07, 6.45) is 1.35. The molecule has 0 aliphatic heterocycles. The molecule has 0 spiro atoms.